The second kappa shape index (κ2) is 5.54. The van der Waals surface area contributed by atoms with E-state index in [9.17, 15) is 0 Å². The Hall–Kier alpha value is -1.03. The molecule has 0 aromatic carbocycles. The molecule has 0 bridgehead atoms. The van der Waals surface area contributed by atoms with Gasteiger partial charge in [0.2, 0.25) is 5.95 Å². The van der Waals surface area contributed by atoms with Gasteiger partial charge in [0.05, 0.1) is 11.3 Å². The molecule has 1 rings (SSSR count). The smallest absolute Gasteiger partial charge is 0.203 e. The summed E-state index contributed by atoms with van der Waals surface area (Å²) < 4.78 is 7.56. The maximum atomic E-state index is 5.39. The summed E-state index contributed by atoms with van der Waals surface area (Å²) in [6.45, 7) is 12.3. The van der Waals surface area contributed by atoms with Crippen molar-refractivity contribution in [2.24, 2.45) is 5.92 Å². The maximum absolute atomic E-state index is 5.39. The first-order chi connectivity index (χ1) is 7.84. The van der Waals surface area contributed by atoms with E-state index < -0.39 is 0 Å². The quantitative estimate of drug-likeness (QED) is 0.829. The van der Waals surface area contributed by atoms with Crippen molar-refractivity contribution in [3.05, 3.63) is 11.9 Å². The van der Waals surface area contributed by atoms with E-state index in [4.69, 9.17) is 4.74 Å². The number of hydrogen-bond donors (Lipinski definition) is 1. The molecule has 0 saturated carbocycles. The second-order valence-corrected chi connectivity index (χ2v) is 5.57. The topological polar surface area (TPSA) is 39.1 Å². The first-order valence-electron chi connectivity index (χ1n) is 6.17. The molecule has 4 heteroatoms. The van der Waals surface area contributed by atoms with Gasteiger partial charge in [-0.2, -0.15) is 0 Å². The molecule has 0 saturated heterocycles. The van der Waals surface area contributed by atoms with E-state index in [1.807, 2.05) is 6.92 Å². The summed E-state index contributed by atoms with van der Waals surface area (Å²) in [5.74, 6) is 1.54. The molecule has 17 heavy (non-hydrogen) atoms. The molecule has 4 nitrogen and oxygen atoms in total. The molecule has 0 aliphatic rings. The zero-order valence-electron chi connectivity index (χ0n) is 11.9. The van der Waals surface area contributed by atoms with Gasteiger partial charge in [-0.05, 0) is 26.7 Å². The number of nitrogens with zero attached hydrogens (tertiary/aromatic N) is 2. The fourth-order valence-corrected chi connectivity index (χ4v) is 1.58. The fourth-order valence-electron chi connectivity index (χ4n) is 1.58. The highest BCUT2D eigenvalue weighted by molar-refractivity contribution is 5.29. The predicted molar refractivity (Wildman–Crippen MR) is 71.4 cm³/mol. The summed E-state index contributed by atoms with van der Waals surface area (Å²) >= 11 is 0. The van der Waals surface area contributed by atoms with Gasteiger partial charge in [0.15, 0.2) is 0 Å². The van der Waals surface area contributed by atoms with Crippen LogP contribution in [0.25, 0.3) is 0 Å². The Balaban J connectivity index is 2.70. The standard InChI is InChI=1S/C13H25N3O/c1-10(2)7-16-8-11(3)15-12(16)14-9-13(4,5)17-6/h8,10H,7,9H2,1-6H3,(H,14,15). The van der Waals surface area contributed by atoms with Crippen LogP contribution in [0.15, 0.2) is 6.20 Å². The highest BCUT2D eigenvalue weighted by Gasteiger charge is 2.17. The Morgan fingerprint density at radius 1 is 1.47 bits per heavy atom. The van der Waals surface area contributed by atoms with E-state index in [2.05, 4.69) is 48.8 Å². The number of rotatable bonds is 6. The molecule has 0 amide bonds. The molecule has 98 valence electrons. The molecule has 0 unspecified atom stereocenters. The number of hydrogen-bond acceptors (Lipinski definition) is 3. The van der Waals surface area contributed by atoms with Crippen LogP contribution in [-0.4, -0.2) is 28.8 Å². The lowest BCUT2D eigenvalue weighted by Crippen LogP contribution is -2.32. The predicted octanol–water partition coefficient (Wildman–Crippen LogP) is 2.68. The Labute approximate surface area is 104 Å². The fraction of sp³-hybridized carbons (Fsp3) is 0.769. The van der Waals surface area contributed by atoms with Crippen molar-refractivity contribution in [3.8, 4) is 0 Å². The Kier molecular flexibility index (Phi) is 4.57. The molecule has 1 aromatic heterocycles. The van der Waals surface area contributed by atoms with E-state index in [1.54, 1.807) is 7.11 Å². The average Bonchev–Trinajstić information content (AvgIpc) is 2.55. The molecule has 1 heterocycles. The van der Waals surface area contributed by atoms with Crippen molar-refractivity contribution in [1.82, 2.24) is 9.55 Å². The van der Waals surface area contributed by atoms with Crippen molar-refractivity contribution < 1.29 is 4.74 Å². The van der Waals surface area contributed by atoms with Crippen molar-refractivity contribution in [2.75, 3.05) is 19.0 Å². The zero-order chi connectivity index (χ0) is 13.1. The van der Waals surface area contributed by atoms with E-state index in [0.29, 0.717) is 5.92 Å². The van der Waals surface area contributed by atoms with Crippen molar-refractivity contribution in [1.29, 1.82) is 0 Å². The largest absolute Gasteiger partial charge is 0.377 e. The third-order valence-corrected chi connectivity index (χ3v) is 2.68. The van der Waals surface area contributed by atoms with E-state index in [1.165, 1.54) is 0 Å². The normalized spacial score (nSPS) is 12.2. The van der Waals surface area contributed by atoms with Crippen LogP contribution in [0.1, 0.15) is 33.4 Å². The summed E-state index contributed by atoms with van der Waals surface area (Å²) in [6.07, 6.45) is 2.09. The monoisotopic (exact) mass is 239 g/mol. The van der Waals surface area contributed by atoms with Gasteiger partial charge in [-0.1, -0.05) is 13.8 Å². The Bertz CT molecular complexity index is 356. The van der Waals surface area contributed by atoms with Crippen LogP contribution >= 0.6 is 0 Å². The summed E-state index contributed by atoms with van der Waals surface area (Å²) in [5.41, 5.74) is 0.867. The van der Waals surface area contributed by atoms with E-state index in [0.717, 1.165) is 24.7 Å². The van der Waals surface area contributed by atoms with Gasteiger partial charge in [-0.15, -0.1) is 0 Å². The lowest BCUT2D eigenvalue weighted by atomic mass is 10.1. The Morgan fingerprint density at radius 3 is 2.65 bits per heavy atom. The van der Waals surface area contributed by atoms with Crippen LogP contribution < -0.4 is 5.32 Å². The van der Waals surface area contributed by atoms with E-state index in [-0.39, 0.29) is 5.60 Å². The third-order valence-electron chi connectivity index (χ3n) is 2.68. The second-order valence-electron chi connectivity index (χ2n) is 5.57. The summed E-state index contributed by atoms with van der Waals surface area (Å²) in [4.78, 5) is 4.50. The van der Waals surface area contributed by atoms with Crippen LogP contribution in [-0.2, 0) is 11.3 Å². The molecule has 0 radical (unpaired) electrons. The molecule has 0 fully saturated rings. The van der Waals surface area contributed by atoms with Crippen LogP contribution in [0.3, 0.4) is 0 Å². The van der Waals surface area contributed by atoms with Crippen LogP contribution in [0.4, 0.5) is 5.95 Å². The number of aromatic nitrogens is 2. The number of anilines is 1. The van der Waals surface area contributed by atoms with Gasteiger partial charge in [0.25, 0.3) is 0 Å². The van der Waals surface area contributed by atoms with Gasteiger partial charge in [-0.25, -0.2) is 4.98 Å². The summed E-state index contributed by atoms with van der Waals surface area (Å²) in [5, 5.41) is 3.36. The number of aryl methyl sites for hydroxylation is 1. The lowest BCUT2D eigenvalue weighted by molar-refractivity contribution is 0.0342. The minimum Gasteiger partial charge on any atom is -0.377 e. The zero-order valence-corrected chi connectivity index (χ0v) is 11.9. The van der Waals surface area contributed by atoms with E-state index >= 15 is 0 Å². The van der Waals surface area contributed by atoms with Crippen molar-refractivity contribution in [2.45, 2.75) is 46.8 Å². The lowest BCUT2D eigenvalue weighted by Gasteiger charge is -2.23. The molecular formula is C13H25N3O. The van der Waals surface area contributed by atoms with Crippen molar-refractivity contribution >= 4 is 5.95 Å². The van der Waals surface area contributed by atoms with Crippen LogP contribution in [0.2, 0.25) is 0 Å². The Morgan fingerprint density at radius 2 is 2.12 bits per heavy atom. The molecule has 0 spiro atoms. The van der Waals surface area contributed by atoms with Crippen molar-refractivity contribution in [3.63, 3.8) is 0 Å². The molecule has 0 atom stereocenters. The highest BCUT2D eigenvalue weighted by Crippen LogP contribution is 2.14. The first kappa shape index (κ1) is 14.0. The summed E-state index contributed by atoms with van der Waals surface area (Å²) in [6, 6.07) is 0. The average molecular weight is 239 g/mol. The maximum Gasteiger partial charge on any atom is 0.203 e. The van der Waals surface area contributed by atoms with Gasteiger partial charge >= 0.3 is 0 Å². The van der Waals surface area contributed by atoms with Crippen LogP contribution in [0.5, 0.6) is 0 Å². The minimum atomic E-state index is -0.178. The highest BCUT2D eigenvalue weighted by atomic mass is 16.5. The van der Waals surface area contributed by atoms with Gasteiger partial charge in [0.1, 0.15) is 0 Å². The SMILES string of the molecule is COC(C)(C)CNc1nc(C)cn1CC(C)C. The van der Waals surface area contributed by atoms with Gasteiger partial charge in [0, 0.05) is 26.4 Å². The number of imidazole rings is 1. The van der Waals surface area contributed by atoms with Gasteiger partial charge < -0.3 is 14.6 Å². The number of ether oxygens (including phenoxy) is 1. The van der Waals surface area contributed by atoms with Gasteiger partial charge in [-0.3, -0.25) is 0 Å². The van der Waals surface area contributed by atoms with Crippen LogP contribution in [0, 0.1) is 12.8 Å². The molecule has 1 N–H and O–H groups in total. The molecule has 0 aliphatic carbocycles. The minimum absolute atomic E-state index is 0.178. The summed E-state index contributed by atoms with van der Waals surface area (Å²) in [7, 11) is 1.73. The first-order valence-corrected chi connectivity index (χ1v) is 6.17. The third kappa shape index (κ3) is 4.38. The molecule has 0 aliphatic heterocycles. The number of nitrogens with one attached hydrogen (secondary N) is 1. The molecular weight excluding hydrogens is 214 g/mol. The molecule has 1 aromatic rings. The number of methoxy groups -OCH3 is 1.